The molecule has 0 radical (unpaired) electrons. The molecule has 34 heavy (non-hydrogen) atoms. The SMILES string of the molecule is C[C@@]1(C(N)=O)CCCN1C(=O)c1cnn2ccc(C3CCN(C(=O)c4ccccc4)CC3)cc12. The van der Waals surface area contributed by atoms with E-state index in [0.717, 1.165) is 35.9 Å². The third kappa shape index (κ3) is 3.73. The average molecular weight is 460 g/mol. The average Bonchev–Trinajstić information content (AvgIpc) is 3.48. The standard InChI is InChI=1S/C26H29N5O3/c1-26(25(27)34)11-5-12-30(26)24(33)21-17-28-31-15-10-20(16-22(21)31)18-8-13-29(14-9-18)23(32)19-6-3-2-4-7-19/h2-4,6-7,10,15-18H,5,8-9,11-14H2,1H3,(H2,27,34)/t26-/m0/s1. The Morgan fingerprint density at radius 2 is 1.76 bits per heavy atom. The van der Waals surface area contributed by atoms with Crippen LogP contribution in [-0.4, -0.2) is 62.3 Å². The molecule has 2 aromatic heterocycles. The third-order valence-electron chi connectivity index (χ3n) is 7.47. The van der Waals surface area contributed by atoms with Crippen LogP contribution in [-0.2, 0) is 4.79 Å². The van der Waals surface area contributed by atoms with Gasteiger partial charge in [-0.1, -0.05) is 18.2 Å². The van der Waals surface area contributed by atoms with Crippen molar-refractivity contribution in [1.82, 2.24) is 19.4 Å². The minimum atomic E-state index is -0.971. The molecule has 5 rings (SSSR count). The number of nitrogens with two attached hydrogens (primary N) is 1. The molecule has 0 bridgehead atoms. The van der Waals surface area contributed by atoms with Gasteiger partial charge in [-0.3, -0.25) is 14.4 Å². The molecule has 2 aliphatic rings. The summed E-state index contributed by atoms with van der Waals surface area (Å²) in [4.78, 5) is 41.8. The second-order valence-corrected chi connectivity index (χ2v) is 9.48. The van der Waals surface area contributed by atoms with Crippen LogP contribution in [0.2, 0.25) is 0 Å². The van der Waals surface area contributed by atoms with E-state index in [1.54, 1.807) is 22.5 Å². The highest BCUT2D eigenvalue weighted by Crippen LogP contribution is 2.33. The fourth-order valence-electron chi connectivity index (χ4n) is 5.29. The Morgan fingerprint density at radius 3 is 2.47 bits per heavy atom. The summed E-state index contributed by atoms with van der Waals surface area (Å²) in [6.07, 6.45) is 6.48. The molecule has 3 aromatic rings. The Bertz CT molecular complexity index is 1250. The highest BCUT2D eigenvalue weighted by molar-refractivity contribution is 6.03. The summed E-state index contributed by atoms with van der Waals surface area (Å²) in [5, 5.41) is 4.36. The maximum Gasteiger partial charge on any atom is 0.258 e. The Balaban J connectivity index is 1.34. The number of rotatable bonds is 4. The molecule has 2 saturated heterocycles. The van der Waals surface area contributed by atoms with Crippen LogP contribution >= 0.6 is 0 Å². The summed E-state index contributed by atoms with van der Waals surface area (Å²) in [7, 11) is 0. The molecule has 3 amide bonds. The van der Waals surface area contributed by atoms with E-state index in [0.29, 0.717) is 37.5 Å². The van der Waals surface area contributed by atoms with Crippen LogP contribution in [0.5, 0.6) is 0 Å². The first-order chi connectivity index (χ1) is 16.4. The fourth-order valence-corrected chi connectivity index (χ4v) is 5.29. The van der Waals surface area contributed by atoms with Crippen molar-refractivity contribution < 1.29 is 14.4 Å². The lowest BCUT2D eigenvalue weighted by Gasteiger charge is -2.32. The van der Waals surface area contributed by atoms with Crippen molar-refractivity contribution in [2.24, 2.45) is 5.73 Å². The number of pyridine rings is 1. The van der Waals surface area contributed by atoms with Gasteiger partial charge in [-0.15, -0.1) is 0 Å². The second-order valence-electron chi connectivity index (χ2n) is 9.48. The van der Waals surface area contributed by atoms with Gasteiger partial charge in [0.05, 0.1) is 17.3 Å². The number of carbonyl (C=O) groups is 3. The van der Waals surface area contributed by atoms with Gasteiger partial charge >= 0.3 is 0 Å². The normalized spacial score (nSPS) is 21.2. The minimum Gasteiger partial charge on any atom is -0.368 e. The van der Waals surface area contributed by atoms with Crippen LogP contribution in [0.1, 0.15) is 64.8 Å². The van der Waals surface area contributed by atoms with Gasteiger partial charge in [0.25, 0.3) is 11.8 Å². The van der Waals surface area contributed by atoms with Gasteiger partial charge in [-0.05, 0) is 68.4 Å². The number of primary amides is 1. The number of hydrogen-bond acceptors (Lipinski definition) is 4. The van der Waals surface area contributed by atoms with Crippen molar-refractivity contribution >= 4 is 23.2 Å². The van der Waals surface area contributed by atoms with E-state index in [4.69, 9.17) is 5.73 Å². The smallest absolute Gasteiger partial charge is 0.258 e. The van der Waals surface area contributed by atoms with Crippen LogP contribution < -0.4 is 5.73 Å². The van der Waals surface area contributed by atoms with Gasteiger partial charge in [-0.25, -0.2) is 4.52 Å². The molecule has 2 aliphatic heterocycles. The topological polar surface area (TPSA) is 101 Å². The van der Waals surface area contributed by atoms with Crippen molar-refractivity contribution in [1.29, 1.82) is 0 Å². The molecule has 4 heterocycles. The van der Waals surface area contributed by atoms with Crippen LogP contribution in [0.25, 0.3) is 5.52 Å². The van der Waals surface area contributed by atoms with E-state index in [1.165, 1.54) is 0 Å². The quantitative estimate of drug-likeness (QED) is 0.648. The summed E-state index contributed by atoms with van der Waals surface area (Å²) in [6.45, 7) is 3.63. The minimum absolute atomic E-state index is 0.0706. The first-order valence-corrected chi connectivity index (χ1v) is 11.8. The van der Waals surface area contributed by atoms with Crippen molar-refractivity contribution in [3.05, 3.63) is 71.5 Å². The molecule has 176 valence electrons. The number of fused-ring (bicyclic) bond motifs is 1. The fraction of sp³-hybridized carbons (Fsp3) is 0.385. The summed E-state index contributed by atoms with van der Waals surface area (Å²) < 4.78 is 1.70. The molecule has 1 aromatic carbocycles. The second kappa shape index (κ2) is 8.59. The van der Waals surface area contributed by atoms with Crippen molar-refractivity contribution in [3.63, 3.8) is 0 Å². The van der Waals surface area contributed by atoms with Crippen LogP contribution in [0.3, 0.4) is 0 Å². The summed E-state index contributed by atoms with van der Waals surface area (Å²) in [5.74, 6) is -0.326. The Morgan fingerprint density at radius 1 is 1.03 bits per heavy atom. The predicted octanol–water partition coefficient (Wildman–Crippen LogP) is 2.83. The largest absolute Gasteiger partial charge is 0.368 e. The maximum absolute atomic E-state index is 13.4. The Kier molecular flexibility index (Phi) is 5.59. The van der Waals surface area contributed by atoms with Gasteiger partial charge in [0, 0.05) is 31.4 Å². The van der Waals surface area contributed by atoms with E-state index < -0.39 is 11.4 Å². The van der Waals surface area contributed by atoms with Crippen molar-refractivity contribution in [3.8, 4) is 0 Å². The molecule has 8 nitrogen and oxygen atoms in total. The van der Waals surface area contributed by atoms with Gasteiger partial charge in [-0.2, -0.15) is 5.10 Å². The molecule has 2 fully saturated rings. The highest BCUT2D eigenvalue weighted by atomic mass is 16.2. The molecular weight excluding hydrogens is 430 g/mol. The molecule has 2 N–H and O–H groups in total. The van der Waals surface area contributed by atoms with E-state index in [9.17, 15) is 14.4 Å². The van der Waals surface area contributed by atoms with E-state index in [1.807, 2.05) is 53.6 Å². The number of likely N-dealkylation sites (tertiary alicyclic amines) is 2. The third-order valence-corrected chi connectivity index (χ3v) is 7.47. The van der Waals surface area contributed by atoms with Crippen molar-refractivity contribution in [2.75, 3.05) is 19.6 Å². The Labute approximate surface area is 198 Å². The van der Waals surface area contributed by atoms with Gasteiger partial charge < -0.3 is 15.5 Å². The van der Waals surface area contributed by atoms with Gasteiger partial charge in [0.1, 0.15) is 5.54 Å². The predicted molar refractivity (Wildman–Crippen MR) is 127 cm³/mol. The number of piperidine rings is 1. The monoisotopic (exact) mass is 459 g/mol. The first-order valence-electron chi connectivity index (χ1n) is 11.8. The first kappa shape index (κ1) is 22.1. The van der Waals surface area contributed by atoms with E-state index in [-0.39, 0.29) is 11.8 Å². The van der Waals surface area contributed by atoms with Gasteiger partial charge in [0.15, 0.2) is 0 Å². The number of benzene rings is 1. The number of hydrogen-bond donors (Lipinski definition) is 1. The van der Waals surface area contributed by atoms with E-state index in [2.05, 4.69) is 5.10 Å². The zero-order chi connectivity index (χ0) is 23.9. The summed E-state index contributed by atoms with van der Waals surface area (Å²) in [6, 6.07) is 13.4. The van der Waals surface area contributed by atoms with Crippen LogP contribution in [0.4, 0.5) is 0 Å². The molecular formula is C26H29N5O3. The molecule has 0 saturated carbocycles. The Hall–Kier alpha value is -3.68. The number of aromatic nitrogens is 2. The van der Waals surface area contributed by atoms with Gasteiger partial charge in [0.2, 0.25) is 5.91 Å². The van der Waals surface area contributed by atoms with Crippen LogP contribution in [0.15, 0.2) is 54.9 Å². The maximum atomic E-state index is 13.4. The number of nitrogens with zero attached hydrogens (tertiary/aromatic N) is 4. The molecule has 8 heteroatoms. The lowest BCUT2D eigenvalue weighted by Crippen LogP contribution is -2.53. The molecule has 0 aliphatic carbocycles. The highest BCUT2D eigenvalue weighted by Gasteiger charge is 2.45. The zero-order valence-electron chi connectivity index (χ0n) is 19.3. The van der Waals surface area contributed by atoms with Crippen molar-refractivity contribution in [2.45, 2.75) is 44.1 Å². The number of carbonyl (C=O) groups excluding carboxylic acids is 3. The van der Waals surface area contributed by atoms with Crippen LogP contribution in [0, 0.1) is 0 Å². The molecule has 0 unspecified atom stereocenters. The molecule has 1 atom stereocenters. The summed E-state index contributed by atoms with van der Waals surface area (Å²) in [5.41, 5.74) is 7.72. The zero-order valence-corrected chi connectivity index (χ0v) is 19.3. The van der Waals surface area contributed by atoms with E-state index >= 15 is 0 Å². The molecule has 0 spiro atoms. The lowest BCUT2D eigenvalue weighted by molar-refractivity contribution is -0.126. The number of amides is 3. The summed E-state index contributed by atoms with van der Waals surface area (Å²) >= 11 is 0. The lowest BCUT2D eigenvalue weighted by atomic mass is 9.89.